The predicted octanol–water partition coefficient (Wildman–Crippen LogP) is 1.73. The highest BCUT2D eigenvalue weighted by Crippen LogP contribution is 2.11. The molecule has 0 aliphatic carbocycles. The van der Waals surface area contributed by atoms with Crippen molar-refractivity contribution in [2.45, 2.75) is 26.8 Å². The maximum Gasteiger partial charge on any atom is 0.269 e. The van der Waals surface area contributed by atoms with E-state index in [0.29, 0.717) is 16.5 Å². The molecule has 0 aliphatic rings. The third kappa shape index (κ3) is 4.03. The van der Waals surface area contributed by atoms with Gasteiger partial charge in [0.1, 0.15) is 6.54 Å². The van der Waals surface area contributed by atoms with Crippen molar-refractivity contribution in [1.29, 1.82) is 0 Å². The minimum absolute atomic E-state index is 0.245. The van der Waals surface area contributed by atoms with Gasteiger partial charge in [-0.25, -0.2) is 4.98 Å². The first-order chi connectivity index (χ1) is 13.0. The molecule has 1 aromatic heterocycles. The van der Waals surface area contributed by atoms with Gasteiger partial charge in [-0.15, -0.1) is 0 Å². The average Bonchev–Trinajstić information content (AvgIpc) is 2.69. The van der Waals surface area contributed by atoms with Gasteiger partial charge in [-0.3, -0.25) is 29.8 Å². The number of aryl methyl sites for hydroxylation is 2. The zero-order valence-corrected chi connectivity index (χ0v) is 15.2. The van der Waals surface area contributed by atoms with Crippen LogP contribution in [0.5, 0.6) is 0 Å². The van der Waals surface area contributed by atoms with E-state index < -0.39 is 11.8 Å². The second-order valence-electron chi connectivity index (χ2n) is 6.20. The number of carbonyl (C=O) groups is 2. The van der Waals surface area contributed by atoms with Crippen molar-refractivity contribution in [2.24, 2.45) is 0 Å². The zero-order valence-electron chi connectivity index (χ0n) is 15.2. The number of amides is 2. The molecule has 2 amide bonds. The zero-order chi connectivity index (χ0) is 19.4. The Hall–Kier alpha value is -3.48. The highest BCUT2D eigenvalue weighted by molar-refractivity contribution is 5.95. The summed E-state index contributed by atoms with van der Waals surface area (Å²) < 4.78 is 1.21. The van der Waals surface area contributed by atoms with Gasteiger partial charge in [0.25, 0.3) is 17.4 Å². The first-order valence-corrected chi connectivity index (χ1v) is 8.62. The molecule has 138 valence electrons. The summed E-state index contributed by atoms with van der Waals surface area (Å²) in [5.74, 6) is -0.949. The number of fused-ring (bicyclic) bond motifs is 1. The van der Waals surface area contributed by atoms with Crippen LogP contribution in [-0.4, -0.2) is 21.4 Å². The summed E-state index contributed by atoms with van der Waals surface area (Å²) in [5, 5.41) is 0.449. The summed E-state index contributed by atoms with van der Waals surface area (Å²) >= 11 is 0. The van der Waals surface area contributed by atoms with Gasteiger partial charge in [0.15, 0.2) is 0 Å². The summed E-state index contributed by atoms with van der Waals surface area (Å²) in [7, 11) is 0. The summed E-state index contributed by atoms with van der Waals surface area (Å²) in [4.78, 5) is 40.9. The average molecular weight is 364 g/mol. The second-order valence-corrected chi connectivity index (χ2v) is 6.20. The van der Waals surface area contributed by atoms with Crippen molar-refractivity contribution in [3.8, 4) is 0 Å². The molecule has 0 spiro atoms. The van der Waals surface area contributed by atoms with Gasteiger partial charge in [0, 0.05) is 5.56 Å². The van der Waals surface area contributed by atoms with Gasteiger partial charge in [0.05, 0.1) is 17.2 Å². The van der Waals surface area contributed by atoms with Crippen LogP contribution in [0.25, 0.3) is 10.9 Å². The summed E-state index contributed by atoms with van der Waals surface area (Å²) in [5.41, 5.74) is 7.42. The van der Waals surface area contributed by atoms with Crippen LogP contribution in [0.1, 0.15) is 28.4 Å². The summed E-state index contributed by atoms with van der Waals surface area (Å²) in [6.45, 7) is 3.65. The highest BCUT2D eigenvalue weighted by atomic mass is 16.2. The van der Waals surface area contributed by atoms with Crippen molar-refractivity contribution >= 4 is 22.7 Å². The maximum absolute atomic E-state index is 12.5. The van der Waals surface area contributed by atoms with Crippen LogP contribution in [0.2, 0.25) is 0 Å². The smallest absolute Gasteiger partial charge is 0.269 e. The molecule has 0 aliphatic heterocycles. The number of aromatic nitrogens is 2. The molecule has 0 unspecified atom stereocenters. The lowest BCUT2D eigenvalue weighted by Crippen LogP contribution is -2.44. The Kier molecular flexibility index (Phi) is 5.30. The summed E-state index contributed by atoms with van der Waals surface area (Å²) in [6, 6.07) is 12.4. The maximum atomic E-state index is 12.5. The lowest BCUT2D eigenvalue weighted by Gasteiger charge is -2.10. The molecule has 2 aromatic carbocycles. The van der Waals surface area contributed by atoms with Gasteiger partial charge in [0.2, 0.25) is 0 Å². The molecular weight excluding hydrogens is 344 g/mol. The molecule has 0 saturated heterocycles. The van der Waals surface area contributed by atoms with Crippen molar-refractivity contribution in [3.05, 3.63) is 75.8 Å². The molecule has 0 fully saturated rings. The van der Waals surface area contributed by atoms with Gasteiger partial charge in [-0.2, -0.15) is 0 Å². The molecule has 27 heavy (non-hydrogen) atoms. The molecule has 3 aromatic rings. The van der Waals surface area contributed by atoms with E-state index in [9.17, 15) is 14.4 Å². The lowest BCUT2D eigenvalue weighted by atomic mass is 10.1. The van der Waals surface area contributed by atoms with Crippen molar-refractivity contribution < 1.29 is 9.59 Å². The number of nitrogens with zero attached hydrogens (tertiary/aromatic N) is 2. The Morgan fingerprint density at radius 2 is 1.81 bits per heavy atom. The van der Waals surface area contributed by atoms with Crippen LogP contribution < -0.4 is 16.4 Å². The molecule has 7 nitrogen and oxygen atoms in total. The molecule has 0 atom stereocenters. The number of hydrazine groups is 1. The van der Waals surface area contributed by atoms with E-state index in [1.54, 1.807) is 24.3 Å². The van der Waals surface area contributed by atoms with Crippen LogP contribution in [0.15, 0.2) is 53.6 Å². The Balaban J connectivity index is 1.65. The SMILES string of the molecule is CCc1ccc(C(=O)NNC(=O)Cn2cnc3c(C)cccc3c2=O)cc1. The first-order valence-electron chi connectivity index (χ1n) is 8.62. The highest BCUT2D eigenvalue weighted by Gasteiger charge is 2.11. The normalized spacial score (nSPS) is 10.6. The van der Waals surface area contributed by atoms with Crippen LogP contribution in [0.4, 0.5) is 0 Å². The van der Waals surface area contributed by atoms with Gasteiger partial charge >= 0.3 is 0 Å². The first kappa shape index (κ1) is 18.3. The van der Waals surface area contributed by atoms with Crippen LogP contribution >= 0.6 is 0 Å². The van der Waals surface area contributed by atoms with E-state index in [0.717, 1.165) is 17.5 Å². The minimum atomic E-state index is -0.524. The molecule has 2 N–H and O–H groups in total. The molecule has 7 heteroatoms. The lowest BCUT2D eigenvalue weighted by molar-refractivity contribution is -0.122. The Morgan fingerprint density at radius 1 is 1.07 bits per heavy atom. The molecule has 3 rings (SSSR count). The molecule has 0 bridgehead atoms. The molecule has 0 saturated carbocycles. The third-order valence-corrected chi connectivity index (χ3v) is 4.31. The van der Waals surface area contributed by atoms with Crippen LogP contribution in [-0.2, 0) is 17.8 Å². The number of hydrogen-bond donors (Lipinski definition) is 2. The van der Waals surface area contributed by atoms with E-state index in [1.807, 2.05) is 32.0 Å². The second kappa shape index (κ2) is 7.82. The molecular formula is C20H20N4O3. The topological polar surface area (TPSA) is 93.1 Å². The fourth-order valence-corrected chi connectivity index (χ4v) is 2.73. The predicted molar refractivity (Wildman–Crippen MR) is 102 cm³/mol. The van der Waals surface area contributed by atoms with Gasteiger partial charge < -0.3 is 0 Å². The molecule has 0 radical (unpaired) electrons. The third-order valence-electron chi connectivity index (χ3n) is 4.31. The van der Waals surface area contributed by atoms with E-state index >= 15 is 0 Å². The monoisotopic (exact) mass is 364 g/mol. The summed E-state index contributed by atoms with van der Waals surface area (Å²) in [6.07, 6.45) is 2.22. The van der Waals surface area contributed by atoms with Crippen molar-refractivity contribution in [2.75, 3.05) is 0 Å². The molecule has 1 heterocycles. The number of rotatable bonds is 4. The Morgan fingerprint density at radius 3 is 2.52 bits per heavy atom. The largest absolute Gasteiger partial charge is 0.289 e. The van der Waals surface area contributed by atoms with Crippen molar-refractivity contribution in [3.63, 3.8) is 0 Å². The van der Waals surface area contributed by atoms with Crippen LogP contribution in [0, 0.1) is 6.92 Å². The van der Waals surface area contributed by atoms with E-state index in [1.165, 1.54) is 10.9 Å². The van der Waals surface area contributed by atoms with E-state index in [2.05, 4.69) is 15.8 Å². The number of hydrogen-bond acceptors (Lipinski definition) is 4. The van der Waals surface area contributed by atoms with Crippen molar-refractivity contribution in [1.82, 2.24) is 20.4 Å². The number of nitrogens with one attached hydrogen (secondary N) is 2. The Bertz CT molecular complexity index is 1060. The van der Waals surface area contributed by atoms with Gasteiger partial charge in [-0.05, 0) is 42.7 Å². The number of benzene rings is 2. The fourth-order valence-electron chi connectivity index (χ4n) is 2.73. The van der Waals surface area contributed by atoms with E-state index in [4.69, 9.17) is 0 Å². The fraction of sp³-hybridized carbons (Fsp3) is 0.200. The minimum Gasteiger partial charge on any atom is -0.289 e. The van der Waals surface area contributed by atoms with E-state index in [-0.39, 0.29) is 12.1 Å². The number of para-hydroxylation sites is 1. The Labute approximate surface area is 156 Å². The van der Waals surface area contributed by atoms with Gasteiger partial charge in [-0.1, -0.05) is 31.2 Å². The number of carbonyl (C=O) groups excluding carboxylic acids is 2. The van der Waals surface area contributed by atoms with Crippen LogP contribution in [0.3, 0.4) is 0 Å². The quantitative estimate of drug-likeness (QED) is 0.690. The standard InChI is InChI=1S/C20H20N4O3/c1-3-14-7-9-15(10-8-14)19(26)23-22-17(25)11-24-12-21-18-13(2)5-4-6-16(18)20(24)27/h4-10,12H,3,11H2,1-2H3,(H,22,25)(H,23,26).